The number of rotatable bonds is 7. The summed E-state index contributed by atoms with van der Waals surface area (Å²) in [5, 5.41) is 8.27. The number of carbonyl (C=O) groups excluding carboxylic acids is 1. The van der Waals surface area contributed by atoms with Crippen LogP contribution in [0.3, 0.4) is 0 Å². The zero-order valence-corrected chi connectivity index (χ0v) is 18.5. The second-order valence-corrected chi connectivity index (χ2v) is 8.90. The van der Waals surface area contributed by atoms with E-state index in [0.717, 1.165) is 48.4 Å². The van der Waals surface area contributed by atoms with Crippen molar-refractivity contribution < 1.29 is 4.79 Å². The molecule has 1 fully saturated rings. The molecular formula is C20H32N6OS. The molecule has 1 N–H and O–H groups in total. The highest BCUT2D eigenvalue weighted by Crippen LogP contribution is 2.20. The highest BCUT2D eigenvalue weighted by atomic mass is 32.2. The lowest BCUT2D eigenvalue weighted by molar-refractivity contribution is -0.121. The first-order valence-corrected chi connectivity index (χ1v) is 11.4. The molecule has 7 nitrogen and oxygen atoms in total. The van der Waals surface area contributed by atoms with Crippen molar-refractivity contribution >= 4 is 23.4 Å². The molecule has 154 valence electrons. The van der Waals surface area contributed by atoms with Gasteiger partial charge in [-0.2, -0.15) is 4.98 Å². The molecule has 2 aromatic heterocycles. The van der Waals surface area contributed by atoms with E-state index in [9.17, 15) is 4.79 Å². The molecule has 1 aliphatic rings. The number of likely N-dealkylation sites (tertiary alicyclic amines) is 1. The van der Waals surface area contributed by atoms with Crippen molar-refractivity contribution in [2.45, 2.75) is 52.1 Å². The van der Waals surface area contributed by atoms with Crippen LogP contribution in [0.1, 0.15) is 43.6 Å². The van der Waals surface area contributed by atoms with Gasteiger partial charge in [0.1, 0.15) is 0 Å². The fourth-order valence-corrected chi connectivity index (χ4v) is 4.63. The summed E-state index contributed by atoms with van der Waals surface area (Å²) < 4.78 is 1.78. The van der Waals surface area contributed by atoms with Crippen LogP contribution in [0.4, 0.5) is 0 Å². The second kappa shape index (κ2) is 9.22. The Balaban J connectivity index is 1.51. The summed E-state index contributed by atoms with van der Waals surface area (Å²) in [6.07, 6.45) is 4.39. The molecule has 0 bridgehead atoms. The lowest BCUT2D eigenvalue weighted by atomic mass is 9.92. The topological polar surface area (TPSA) is 75.4 Å². The van der Waals surface area contributed by atoms with Gasteiger partial charge in [-0.1, -0.05) is 25.6 Å². The normalized spacial score (nSPS) is 20.6. The molecule has 0 saturated carbocycles. The average molecular weight is 405 g/mol. The predicted molar refractivity (Wildman–Crippen MR) is 113 cm³/mol. The van der Waals surface area contributed by atoms with Gasteiger partial charge in [-0.15, -0.1) is 5.10 Å². The fraction of sp³-hybridized carbons (Fsp3) is 0.700. The van der Waals surface area contributed by atoms with Crippen LogP contribution in [0, 0.1) is 25.7 Å². The third-order valence-corrected chi connectivity index (χ3v) is 6.05. The van der Waals surface area contributed by atoms with Crippen LogP contribution in [0.25, 0.3) is 5.78 Å². The Kier molecular flexibility index (Phi) is 6.93. The van der Waals surface area contributed by atoms with Crippen molar-refractivity contribution in [1.29, 1.82) is 0 Å². The van der Waals surface area contributed by atoms with E-state index in [-0.39, 0.29) is 5.91 Å². The number of aromatic nitrogens is 4. The molecule has 0 spiro atoms. The molecule has 2 aromatic rings. The summed E-state index contributed by atoms with van der Waals surface area (Å²) in [7, 11) is 0. The van der Waals surface area contributed by atoms with E-state index in [4.69, 9.17) is 0 Å². The smallest absolute Gasteiger partial charge is 0.253 e. The number of carbonyl (C=O) groups is 1. The molecule has 0 aliphatic carbocycles. The van der Waals surface area contributed by atoms with Gasteiger partial charge in [0, 0.05) is 44.0 Å². The van der Waals surface area contributed by atoms with Gasteiger partial charge >= 0.3 is 0 Å². The van der Waals surface area contributed by atoms with Crippen molar-refractivity contribution in [1.82, 2.24) is 29.8 Å². The number of fused-ring (bicyclic) bond motifs is 1. The average Bonchev–Trinajstić information content (AvgIpc) is 3.04. The molecule has 3 heterocycles. The molecular weight excluding hydrogens is 372 g/mol. The maximum absolute atomic E-state index is 12.3. The highest BCUT2D eigenvalue weighted by Gasteiger charge is 2.21. The number of nitrogens with zero attached hydrogens (tertiary/aromatic N) is 5. The lowest BCUT2D eigenvalue weighted by Gasteiger charge is -2.34. The third-order valence-electron chi connectivity index (χ3n) is 5.51. The van der Waals surface area contributed by atoms with E-state index in [0.29, 0.717) is 30.3 Å². The van der Waals surface area contributed by atoms with Gasteiger partial charge in [-0.3, -0.25) is 4.79 Å². The van der Waals surface area contributed by atoms with Crippen LogP contribution in [-0.2, 0) is 11.2 Å². The van der Waals surface area contributed by atoms with Crippen LogP contribution < -0.4 is 5.32 Å². The molecule has 1 amide bonds. The van der Waals surface area contributed by atoms with Gasteiger partial charge in [0.05, 0.1) is 0 Å². The first kappa shape index (κ1) is 21.0. The van der Waals surface area contributed by atoms with E-state index < -0.39 is 0 Å². The summed E-state index contributed by atoms with van der Waals surface area (Å²) in [4.78, 5) is 23.8. The molecule has 0 unspecified atom stereocenters. The van der Waals surface area contributed by atoms with Gasteiger partial charge in [-0.05, 0) is 50.3 Å². The first-order valence-electron chi connectivity index (χ1n) is 10.1. The predicted octanol–water partition coefficient (Wildman–Crippen LogP) is 2.49. The van der Waals surface area contributed by atoms with E-state index >= 15 is 0 Å². The molecule has 0 aromatic carbocycles. The first-order chi connectivity index (χ1) is 13.4. The standard InChI is InChI=1S/C20H32N6OS/c1-13-10-14(2)12-25(11-13)9-8-21-18(27)7-6-17-15(3)22-19-23-20(28-5)24-26(19)16(17)4/h13-14H,6-12H2,1-5H3,(H,21,27)/t13-,14-/m1/s1. The quantitative estimate of drug-likeness (QED) is 0.715. The van der Waals surface area contributed by atoms with Gasteiger partial charge in [0.25, 0.3) is 5.78 Å². The Bertz CT molecular complexity index is 826. The Hall–Kier alpha value is -1.67. The van der Waals surface area contributed by atoms with E-state index in [1.807, 2.05) is 20.1 Å². The number of hydrogen-bond donors (Lipinski definition) is 1. The van der Waals surface area contributed by atoms with Crippen molar-refractivity contribution in [3.63, 3.8) is 0 Å². The van der Waals surface area contributed by atoms with Crippen molar-refractivity contribution in [2.24, 2.45) is 11.8 Å². The Labute approximate surface area is 171 Å². The van der Waals surface area contributed by atoms with Crippen molar-refractivity contribution in [2.75, 3.05) is 32.4 Å². The van der Waals surface area contributed by atoms with Crippen LogP contribution in [0.5, 0.6) is 0 Å². The van der Waals surface area contributed by atoms with Crippen LogP contribution >= 0.6 is 11.8 Å². The molecule has 0 radical (unpaired) electrons. The molecule has 2 atom stereocenters. The lowest BCUT2D eigenvalue weighted by Crippen LogP contribution is -2.42. The number of piperidine rings is 1. The number of hydrogen-bond acceptors (Lipinski definition) is 6. The molecule has 1 aliphatic heterocycles. The van der Waals surface area contributed by atoms with Crippen molar-refractivity contribution in [3.05, 3.63) is 17.0 Å². The van der Waals surface area contributed by atoms with Crippen LogP contribution in [0.2, 0.25) is 0 Å². The minimum Gasteiger partial charge on any atom is -0.355 e. The van der Waals surface area contributed by atoms with E-state index in [1.54, 1.807) is 4.52 Å². The zero-order valence-electron chi connectivity index (χ0n) is 17.7. The molecule has 28 heavy (non-hydrogen) atoms. The van der Waals surface area contributed by atoms with Gasteiger partial charge in [0.15, 0.2) is 0 Å². The minimum absolute atomic E-state index is 0.0976. The number of nitrogens with one attached hydrogen (secondary N) is 1. The number of thioether (sulfide) groups is 1. The summed E-state index contributed by atoms with van der Waals surface area (Å²) >= 11 is 1.50. The van der Waals surface area contributed by atoms with E-state index in [1.165, 1.54) is 18.2 Å². The Morgan fingerprint density at radius 3 is 2.61 bits per heavy atom. The molecule has 3 rings (SSSR count). The largest absolute Gasteiger partial charge is 0.355 e. The van der Waals surface area contributed by atoms with Crippen LogP contribution in [0.15, 0.2) is 5.16 Å². The van der Waals surface area contributed by atoms with Gasteiger partial charge in [-0.25, -0.2) is 9.50 Å². The van der Waals surface area contributed by atoms with Crippen LogP contribution in [-0.4, -0.2) is 62.8 Å². The Morgan fingerprint density at radius 1 is 1.21 bits per heavy atom. The fourth-order valence-electron chi connectivity index (χ4n) is 4.29. The van der Waals surface area contributed by atoms with Gasteiger partial charge < -0.3 is 10.2 Å². The summed E-state index contributed by atoms with van der Waals surface area (Å²) in [5.74, 6) is 2.21. The zero-order chi connectivity index (χ0) is 20.3. The second-order valence-electron chi connectivity index (χ2n) is 8.13. The maximum Gasteiger partial charge on any atom is 0.253 e. The monoisotopic (exact) mass is 404 g/mol. The molecule has 1 saturated heterocycles. The number of amides is 1. The maximum atomic E-state index is 12.3. The molecule has 8 heteroatoms. The summed E-state index contributed by atoms with van der Waals surface area (Å²) in [5.41, 5.74) is 3.02. The van der Waals surface area contributed by atoms with Crippen molar-refractivity contribution in [3.8, 4) is 0 Å². The third kappa shape index (κ3) is 5.03. The van der Waals surface area contributed by atoms with E-state index in [2.05, 4.69) is 39.1 Å². The van der Waals surface area contributed by atoms with Gasteiger partial charge in [0.2, 0.25) is 11.1 Å². The highest BCUT2D eigenvalue weighted by molar-refractivity contribution is 7.98. The summed E-state index contributed by atoms with van der Waals surface area (Å²) in [6.45, 7) is 12.6. The Morgan fingerprint density at radius 2 is 1.93 bits per heavy atom. The number of aryl methyl sites for hydroxylation is 2. The minimum atomic E-state index is 0.0976. The summed E-state index contributed by atoms with van der Waals surface area (Å²) in [6, 6.07) is 0. The SMILES string of the molecule is CSc1nc2nc(C)c(CCC(=O)NCCN3C[C@H](C)C[C@@H](C)C3)c(C)n2n1.